The number of methoxy groups -OCH3 is 2. The van der Waals surface area contributed by atoms with E-state index >= 15 is 0 Å². The maximum absolute atomic E-state index is 13.2. The van der Waals surface area contributed by atoms with Crippen molar-refractivity contribution >= 4 is 11.0 Å². The Hall–Kier alpha value is -3.15. The fraction of sp³-hybridized carbons (Fsp3) is 0.444. The van der Waals surface area contributed by atoms with E-state index in [1.165, 1.54) is 12.1 Å². The first-order chi connectivity index (χ1) is 15.7. The summed E-state index contributed by atoms with van der Waals surface area (Å²) in [5, 5.41) is 10.3. The van der Waals surface area contributed by atoms with E-state index in [-0.39, 0.29) is 11.4 Å². The molecule has 4 rings (SSSR count). The van der Waals surface area contributed by atoms with Gasteiger partial charge in [0.05, 0.1) is 14.2 Å². The number of rotatable bonds is 6. The molecule has 0 aliphatic carbocycles. The van der Waals surface area contributed by atoms with Gasteiger partial charge in [-0.15, -0.1) is 0 Å². The van der Waals surface area contributed by atoms with Crippen molar-refractivity contribution in [2.45, 2.75) is 59.0 Å². The summed E-state index contributed by atoms with van der Waals surface area (Å²) in [6.07, 6.45) is 3.26. The van der Waals surface area contributed by atoms with Gasteiger partial charge in [0.25, 0.3) is 0 Å². The van der Waals surface area contributed by atoms with E-state index in [1.54, 1.807) is 26.4 Å². The molecule has 3 aromatic rings. The van der Waals surface area contributed by atoms with E-state index in [4.69, 9.17) is 18.6 Å². The molecule has 6 heteroatoms. The molecule has 0 fully saturated rings. The number of aryl methyl sites for hydroxylation is 1. The van der Waals surface area contributed by atoms with Crippen molar-refractivity contribution < 1.29 is 23.7 Å². The van der Waals surface area contributed by atoms with Gasteiger partial charge in [0, 0.05) is 11.1 Å². The predicted octanol–water partition coefficient (Wildman–Crippen LogP) is 5.88. The van der Waals surface area contributed by atoms with Crippen LogP contribution in [0.1, 0.15) is 51.7 Å². The van der Waals surface area contributed by atoms with Crippen LogP contribution < -0.4 is 19.8 Å². The second kappa shape index (κ2) is 8.65. The number of phenols is 1. The Bertz CT molecular complexity index is 1230. The average Bonchev–Trinajstić information content (AvgIpc) is 2.76. The zero-order valence-electron chi connectivity index (χ0n) is 20.2. The molecule has 0 radical (unpaired) electrons. The van der Waals surface area contributed by atoms with Gasteiger partial charge in [0.15, 0.2) is 5.58 Å². The van der Waals surface area contributed by atoms with Crippen molar-refractivity contribution in [2.24, 2.45) is 5.92 Å². The molecule has 33 heavy (non-hydrogen) atoms. The van der Waals surface area contributed by atoms with E-state index < -0.39 is 5.63 Å². The second-order valence-corrected chi connectivity index (χ2v) is 9.66. The zero-order chi connectivity index (χ0) is 23.9. The standard InChI is InChI=1S/C27H32O6/c1-15(2)7-12-18-22-19(13-14-27(3,4)33-22)24-21(23(18)30-5)25(31-6)20(26(29)32-24)16-8-10-17(28)11-9-16/h8-11,15,28H,7,12-14H2,1-6H3. The van der Waals surface area contributed by atoms with E-state index in [0.29, 0.717) is 39.5 Å². The minimum Gasteiger partial charge on any atom is -0.508 e. The lowest BCUT2D eigenvalue weighted by atomic mass is 9.88. The number of fused-ring (bicyclic) bond motifs is 3. The van der Waals surface area contributed by atoms with Gasteiger partial charge < -0.3 is 23.7 Å². The Balaban J connectivity index is 2.11. The third-order valence-corrected chi connectivity index (χ3v) is 6.29. The molecule has 2 heterocycles. The molecule has 1 aromatic heterocycles. The van der Waals surface area contributed by atoms with Gasteiger partial charge >= 0.3 is 5.63 Å². The molecule has 0 atom stereocenters. The van der Waals surface area contributed by atoms with Crippen LogP contribution in [0.25, 0.3) is 22.1 Å². The fourth-order valence-corrected chi connectivity index (χ4v) is 4.54. The summed E-state index contributed by atoms with van der Waals surface area (Å²) in [5.74, 6) is 2.40. The largest absolute Gasteiger partial charge is 0.508 e. The van der Waals surface area contributed by atoms with Crippen LogP contribution in [0.15, 0.2) is 33.5 Å². The molecule has 1 N–H and O–H groups in total. The van der Waals surface area contributed by atoms with Crippen molar-refractivity contribution in [1.82, 2.24) is 0 Å². The minimum atomic E-state index is -0.506. The van der Waals surface area contributed by atoms with Crippen LogP contribution in [0.5, 0.6) is 23.0 Å². The number of phenolic OH excluding ortho intramolecular Hbond substituents is 1. The fourth-order valence-electron chi connectivity index (χ4n) is 4.54. The molecule has 2 aromatic carbocycles. The lowest BCUT2D eigenvalue weighted by Gasteiger charge is -2.35. The molecule has 0 bridgehead atoms. The van der Waals surface area contributed by atoms with Crippen molar-refractivity contribution in [3.05, 3.63) is 45.8 Å². The van der Waals surface area contributed by atoms with E-state index in [1.807, 2.05) is 0 Å². The summed E-state index contributed by atoms with van der Waals surface area (Å²) in [4.78, 5) is 13.2. The number of hydrogen-bond acceptors (Lipinski definition) is 6. The first-order valence-electron chi connectivity index (χ1n) is 11.4. The van der Waals surface area contributed by atoms with Crippen molar-refractivity contribution in [2.75, 3.05) is 14.2 Å². The average molecular weight is 453 g/mol. The van der Waals surface area contributed by atoms with Gasteiger partial charge in [-0.2, -0.15) is 0 Å². The van der Waals surface area contributed by atoms with Crippen LogP contribution in [-0.2, 0) is 12.8 Å². The molecule has 0 amide bonds. The summed E-state index contributed by atoms with van der Waals surface area (Å²) in [6.45, 7) is 8.52. The zero-order valence-corrected chi connectivity index (χ0v) is 20.2. The Morgan fingerprint density at radius 1 is 1.09 bits per heavy atom. The van der Waals surface area contributed by atoms with Crippen molar-refractivity contribution in [3.63, 3.8) is 0 Å². The topological polar surface area (TPSA) is 78.1 Å². The van der Waals surface area contributed by atoms with Crippen LogP contribution in [0.2, 0.25) is 0 Å². The lowest BCUT2D eigenvalue weighted by Crippen LogP contribution is -2.33. The molecule has 6 nitrogen and oxygen atoms in total. The van der Waals surface area contributed by atoms with Crippen LogP contribution in [0.4, 0.5) is 0 Å². The Morgan fingerprint density at radius 3 is 2.36 bits per heavy atom. The first-order valence-corrected chi connectivity index (χ1v) is 11.4. The monoisotopic (exact) mass is 452 g/mol. The Morgan fingerprint density at radius 2 is 1.76 bits per heavy atom. The summed E-state index contributed by atoms with van der Waals surface area (Å²) in [7, 11) is 3.17. The maximum atomic E-state index is 13.2. The lowest BCUT2D eigenvalue weighted by molar-refractivity contribution is 0.0829. The minimum absolute atomic E-state index is 0.116. The molecule has 0 saturated heterocycles. The number of ether oxygens (including phenoxy) is 3. The van der Waals surface area contributed by atoms with E-state index in [9.17, 15) is 9.90 Å². The second-order valence-electron chi connectivity index (χ2n) is 9.66. The van der Waals surface area contributed by atoms with Crippen LogP contribution in [0, 0.1) is 5.92 Å². The highest BCUT2D eigenvalue weighted by atomic mass is 16.5. The molecule has 176 valence electrons. The molecule has 0 unspecified atom stereocenters. The van der Waals surface area contributed by atoms with Crippen molar-refractivity contribution in [3.8, 4) is 34.1 Å². The van der Waals surface area contributed by atoms with E-state index in [2.05, 4.69) is 27.7 Å². The third-order valence-electron chi connectivity index (χ3n) is 6.29. The molecular weight excluding hydrogens is 420 g/mol. The van der Waals surface area contributed by atoms with Gasteiger partial charge in [-0.3, -0.25) is 0 Å². The van der Waals surface area contributed by atoms with Gasteiger partial charge in [0.2, 0.25) is 0 Å². The summed E-state index contributed by atoms with van der Waals surface area (Å²) in [5.41, 5.74) is 2.39. The number of aromatic hydroxyl groups is 1. The SMILES string of the molecule is COc1c(CCC(C)C)c2c(c3oc(=O)c(-c4ccc(O)cc4)c(OC)c13)CCC(C)(C)O2. The Labute approximate surface area is 194 Å². The highest BCUT2D eigenvalue weighted by Crippen LogP contribution is 2.50. The molecule has 1 aliphatic heterocycles. The van der Waals surface area contributed by atoms with Gasteiger partial charge in [-0.25, -0.2) is 4.79 Å². The molecule has 1 aliphatic rings. The highest BCUT2D eigenvalue weighted by Gasteiger charge is 2.35. The normalized spacial score (nSPS) is 14.8. The Kier molecular flexibility index (Phi) is 6.04. The van der Waals surface area contributed by atoms with Gasteiger partial charge in [0.1, 0.15) is 39.5 Å². The number of benzene rings is 2. The number of hydrogen-bond donors (Lipinski definition) is 1. The van der Waals surface area contributed by atoms with Crippen LogP contribution in [0.3, 0.4) is 0 Å². The van der Waals surface area contributed by atoms with Gasteiger partial charge in [-0.05, 0) is 63.1 Å². The molecular formula is C27H32O6. The third kappa shape index (κ3) is 4.14. The summed E-state index contributed by atoms with van der Waals surface area (Å²) >= 11 is 0. The quantitative estimate of drug-likeness (QED) is 0.471. The van der Waals surface area contributed by atoms with Crippen LogP contribution in [-0.4, -0.2) is 24.9 Å². The van der Waals surface area contributed by atoms with Crippen LogP contribution >= 0.6 is 0 Å². The summed E-state index contributed by atoms with van der Waals surface area (Å²) in [6, 6.07) is 6.41. The highest BCUT2D eigenvalue weighted by molar-refractivity contribution is 5.99. The van der Waals surface area contributed by atoms with Gasteiger partial charge in [-0.1, -0.05) is 26.0 Å². The predicted molar refractivity (Wildman–Crippen MR) is 129 cm³/mol. The summed E-state index contributed by atoms with van der Waals surface area (Å²) < 4.78 is 24.2. The maximum Gasteiger partial charge on any atom is 0.348 e. The smallest absolute Gasteiger partial charge is 0.348 e. The molecule has 0 saturated carbocycles. The van der Waals surface area contributed by atoms with E-state index in [0.717, 1.165) is 42.6 Å². The molecule has 0 spiro atoms. The van der Waals surface area contributed by atoms with Crippen molar-refractivity contribution in [1.29, 1.82) is 0 Å². The first kappa shape index (κ1) is 23.0.